The molecule has 4 aliphatic carbocycles. The normalized spacial score (nSPS) is 48.7. The molecule has 0 amide bonds. The maximum Gasteiger partial charge on any atom is 0.187 e. The fourth-order valence-electron chi connectivity index (χ4n) is 8.53. The summed E-state index contributed by atoms with van der Waals surface area (Å²) in [6, 6.07) is 0. The van der Waals surface area contributed by atoms with Gasteiger partial charge in [-0.05, 0) is 80.8 Å². The topological polar surface area (TPSA) is 159 Å². The summed E-state index contributed by atoms with van der Waals surface area (Å²) in [5.74, 6) is -1.39. The molecule has 0 aromatic carbocycles. The number of rotatable bonds is 6. The second-order valence-electron chi connectivity index (χ2n) is 13.4. The lowest BCUT2D eigenvalue weighted by molar-refractivity contribution is -0.211. The second kappa shape index (κ2) is 8.83. The van der Waals surface area contributed by atoms with Crippen molar-refractivity contribution >= 4 is 5.78 Å². The Bertz CT molecular complexity index is 917. The van der Waals surface area contributed by atoms with Gasteiger partial charge in [0.05, 0.1) is 29.5 Å². The highest BCUT2D eigenvalue weighted by Gasteiger charge is 2.71. The molecule has 0 bridgehead atoms. The van der Waals surface area contributed by atoms with Gasteiger partial charge < -0.3 is 35.7 Å². The number of fused-ring (bicyclic) bond motifs is 5. The van der Waals surface area contributed by atoms with E-state index < -0.39 is 57.6 Å². The zero-order chi connectivity index (χ0) is 27.1. The van der Waals surface area contributed by atoms with Crippen molar-refractivity contribution in [2.45, 2.75) is 115 Å². The van der Waals surface area contributed by atoms with E-state index in [-0.39, 0.29) is 37.2 Å². The number of carbonyl (C=O) groups is 1. The van der Waals surface area contributed by atoms with Gasteiger partial charge in [0, 0.05) is 23.9 Å². The Kier molecular flexibility index (Phi) is 6.90. The van der Waals surface area contributed by atoms with Crippen LogP contribution in [0.1, 0.15) is 79.6 Å². The summed E-state index contributed by atoms with van der Waals surface area (Å²) in [6.45, 7) is 9.17. The summed E-state index contributed by atoms with van der Waals surface area (Å²) < 4.78 is 0. The van der Waals surface area contributed by atoms with Crippen LogP contribution in [0, 0.1) is 34.5 Å². The predicted octanol–water partition coefficient (Wildman–Crippen LogP) is 1.07. The molecule has 0 aromatic rings. The number of aliphatic hydroxyl groups is 7. The summed E-state index contributed by atoms with van der Waals surface area (Å²) in [7, 11) is 0. The van der Waals surface area contributed by atoms with Crippen LogP contribution in [0.5, 0.6) is 0 Å². The monoisotopic (exact) mass is 510 g/mol. The molecule has 4 aliphatic rings. The lowest BCUT2D eigenvalue weighted by Gasteiger charge is -2.62. The summed E-state index contributed by atoms with van der Waals surface area (Å²) >= 11 is 0. The molecule has 206 valence electrons. The molecule has 0 heterocycles. The molecule has 7 N–H and O–H groups in total. The van der Waals surface area contributed by atoms with Gasteiger partial charge in [-0.1, -0.05) is 27.7 Å². The number of ketones is 1. The van der Waals surface area contributed by atoms with Crippen LogP contribution >= 0.6 is 0 Å². The van der Waals surface area contributed by atoms with Crippen LogP contribution in [0.15, 0.2) is 11.6 Å². The van der Waals surface area contributed by atoms with E-state index in [9.17, 15) is 40.5 Å². The first-order valence-corrected chi connectivity index (χ1v) is 13.6. The van der Waals surface area contributed by atoms with Crippen molar-refractivity contribution in [3.63, 3.8) is 0 Å². The molecule has 8 nitrogen and oxygen atoms in total. The van der Waals surface area contributed by atoms with E-state index in [1.54, 1.807) is 13.8 Å². The minimum absolute atomic E-state index is 0.00264. The van der Waals surface area contributed by atoms with Gasteiger partial charge in [-0.3, -0.25) is 4.79 Å². The van der Waals surface area contributed by atoms with E-state index in [1.807, 2.05) is 20.8 Å². The van der Waals surface area contributed by atoms with Gasteiger partial charge in [0.25, 0.3) is 0 Å². The number of hydrogen-bond acceptors (Lipinski definition) is 8. The Labute approximate surface area is 214 Å². The van der Waals surface area contributed by atoms with E-state index in [4.69, 9.17) is 0 Å². The Morgan fingerprint density at radius 2 is 1.61 bits per heavy atom. The highest BCUT2D eigenvalue weighted by molar-refractivity contribution is 6.00. The number of aliphatic hydroxyl groups excluding tert-OH is 4. The van der Waals surface area contributed by atoms with Crippen LogP contribution in [-0.4, -0.2) is 83.3 Å². The molecule has 0 aliphatic heterocycles. The van der Waals surface area contributed by atoms with Crippen molar-refractivity contribution < 1.29 is 40.5 Å². The lowest BCUT2D eigenvalue weighted by Crippen LogP contribution is -2.69. The number of carbonyl (C=O) groups excluding carboxylic acids is 1. The van der Waals surface area contributed by atoms with Crippen LogP contribution in [0.25, 0.3) is 0 Å². The highest BCUT2D eigenvalue weighted by atomic mass is 16.3. The molecule has 36 heavy (non-hydrogen) atoms. The maximum atomic E-state index is 13.4. The number of hydrogen-bond donors (Lipinski definition) is 7. The molecule has 0 unspecified atom stereocenters. The molecular weight excluding hydrogens is 464 g/mol. The molecule has 4 rings (SSSR count). The van der Waals surface area contributed by atoms with Gasteiger partial charge >= 0.3 is 0 Å². The van der Waals surface area contributed by atoms with Gasteiger partial charge in [0.15, 0.2) is 5.78 Å². The van der Waals surface area contributed by atoms with E-state index in [1.165, 1.54) is 6.08 Å². The summed E-state index contributed by atoms with van der Waals surface area (Å²) in [6.07, 6.45) is 0.00361. The molecule has 8 heteroatoms. The van der Waals surface area contributed by atoms with Crippen molar-refractivity contribution in [1.29, 1.82) is 0 Å². The molecule has 0 saturated heterocycles. The Balaban J connectivity index is 1.69. The maximum absolute atomic E-state index is 13.4. The van der Waals surface area contributed by atoms with E-state index in [2.05, 4.69) is 0 Å². The average molecular weight is 511 g/mol. The quantitative estimate of drug-likeness (QED) is 0.280. The zero-order valence-corrected chi connectivity index (χ0v) is 22.3. The fourth-order valence-corrected chi connectivity index (χ4v) is 8.53. The molecule has 12 atom stereocenters. The van der Waals surface area contributed by atoms with Gasteiger partial charge in [-0.25, -0.2) is 0 Å². The Morgan fingerprint density at radius 1 is 1.00 bits per heavy atom. The predicted molar refractivity (Wildman–Crippen MR) is 133 cm³/mol. The Hall–Kier alpha value is -0.870. The zero-order valence-electron chi connectivity index (χ0n) is 22.3. The summed E-state index contributed by atoms with van der Waals surface area (Å²) in [4.78, 5) is 13.4. The van der Waals surface area contributed by atoms with E-state index in [0.29, 0.717) is 37.7 Å². The summed E-state index contributed by atoms with van der Waals surface area (Å²) in [5, 5.41) is 76.8. The molecule has 0 aromatic heterocycles. The smallest absolute Gasteiger partial charge is 0.187 e. The average Bonchev–Trinajstić information content (AvgIpc) is 3.08. The third-order valence-electron chi connectivity index (χ3n) is 11.5. The van der Waals surface area contributed by atoms with Crippen LogP contribution in [-0.2, 0) is 4.79 Å². The third-order valence-corrected chi connectivity index (χ3v) is 11.5. The lowest BCUT2D eigenvalue weighted by atomic mass is 9.44. The Morgan fingerprint density at radius 3 is 2.22 bits per heavy atom. The van der Waals surface area contributed by atoms with Crippen LogP contribution in [0.4, 0.5) is 0 Å². The standard InChI is InChI=1S/C28H46O8/c1-15(16(2)14-29)10-22(32)26(5,34)21-7-9-27(35)18-11-23(33)28(36)13-20(31)19(30)12-25(28,4)17(18)6-8-24(21,27)3/h11,15-17,19-22,29-32,34-36H,6-10,12-14H2,1-5H3/t15-,16+,17+,19+,20-,21+,22-,24-,25-,26-,27-,28-/m1/s1. The van der Waals surface area contributed by atoms with Crippen molar-refractivity contribution in [2.75, 3.05) is 6.61 Å². The van der Waals surface area contributed by atoms with Crippen molar-refractivity contribution in [1.82, 2.24) is 0 Å². The molecule has 3 fully saturated rings. The first-order chi connectivity index (χ1) is 16.5. The molecule has 0 radical (unpaired) electrons. The van der Waals surface area contributed by atoms with Crippen LogP contribution in [0.2, 0.25) is 0 Å². The third kappa shape index (κ3) is 3.63. The SMILES string of the molecule is C[C@H](C[C@@H](O)[C@](C)(O)[C@H]1CC[C@@]2(O)C3=CC(=O)[C@]4(O)C[C@@H](O)[C@@H](O)C[C@]4(C)[C@H]3CC[C@]12C)[C@@H](C)CO. The van der Waals surface area contributed by atoms with Gasteiger partial charge in [0.2, 0.25) is 0 Å². The molecular formula is C28H46O8. The van der Waals surface area contributed by atoms with Gasteiger partial charge in [0.1, 0.15) is 5.60 Å². The van der Waals surface area contributed by atoms with Crippen molar-refractivity contribution in [2.24, 2.45) is 34.5 Å². The molecule has 0 spiro atoms. The van der Waals surface area contributed by atoms with Crippen LogP contribution in [0.3, 0.4) is 0 Å². The van der Waals surface area contributed by atoms with E-state index in [0.717, 1.165) is 0 Å². The van der Waals surface area contributed by atoms with Gasteiger partial charge in [-0.2, -0.15) is 0 Å². The van der Waals surface area contributed by atoms with Crippen molar-refractivity contribution in [3.8, 4) is 0 Å². The molecule has 3 saturated carbocycles. The first-order valence-electron chi connectivity index (χ1n) is 13.6. The van der Waals surface area contributed by atoms with Crippen LogP contribution < -0.4 is 0 Å². The minimum Gasteiger partial charge on any atom is -0.396 e. The minimum atomic E-state index is -1.82. The largest absolute Gasteiger partial charge is 0.396 e. The van der Waals surface area contributed by atoms with Gasteiger partial charge in [-0.15, -0.1) is 0 Å². The summed E-state index contributed by atoms with van der Waals surface area (Å²) in [5.41, 5.74) is -6.03. The fraction of sp³-hybridized carbons (Fsp3) is 0.893. The highest BCUT2D eigenvalue weighted by Crippen LogP contribution is 2.69. The van der Waals surface area contributed by atoms with E-state index >= 15 is 0 Å². The second-order valence-corrected chi connectivity index (χ2v) is 13.4. The van der Waals surface area contributed by atoms with Crippen molar-refractivity contribution in [3.05, 3.63) is 11.6 Å². The first kappa shape index (κ1) is 28.1.